The van der Waals surface area contributed by atoms with Gasteiger partial charge in [0.15, 0.2) is 0 Å². The van der Waals surface area contributed by atoms with E-state index in [1.54, 1.807) is 30.3 Å². The Balaban J connectivity index is 2.62. The van der Waals surface area contributed by atoms with Crippen LogP contribution in [0.3, 0.4) is 0 Å². The monoisotopic (exact) mass is 323 g/mol. The Hall–Kier alpha value is -2.94. The molecule has 0 aliphatic heterocycles. The van der Waals surface area contributed by atoms with Crippen LogP contribution < -0.4 is 16.2 Å². The highest BCUT2D eigenvalue weighted by Gasteiger charge is 2.23. The van der Waals surface area contributed by atoms with Gasteiger partial charge < -0.3 is 15.5 Å². The van der Waals surface area contributed by atoms with Gasteiger partial charge in [-0.25, -0.2) is 5.43 Å². The minimum Gasteiger partial charge on any atom is -0.481 e. The fourth-order valence-electron chi connectivity index (χ4n) is 1.78. The van der Waals surface area contributed by atoms with Crippen LogP contribution in [0.1, 0.15) is 12.0 Å². The molecule has 9 heteroatoms. The number of nitrogens with one attached hydrogen (secondary N) is 3. The van der Waals surface area contributed by atoms with Crippen molar-refractivity contribution in [2.45, 2.75) is 24.9 Å². The molecule has 0 heterocycles. The Bertz CT molecular complexity index is 563. The Labute approximate surface area is 131 Å². The summed E-state index contributed by atoms with van der Waals surface area (Å²) in [6.07, 6.45) is -0.310. The van der Waals surface area contributed by atoms with Crippen molar-refractivity contribution in [3.05, 3.63) is 35.9 Å². The van der Waals surface area contributed by atoms with Gasteiger partial charge >= 0.3 is 11.9 Å². The molecule has 0 saturated carbocycles. The average molecular weight is 323 g/mol. The molecule has 0 aliphatic rings. The number of hydrogen-bond donors (Lipinski definition) is 5. The highest BCUT2D eigenvalue weighted by molar-refractivity contribution is 5.87. The van der Waals surface area contributed by atoms with E-state index in [-0.39, 0.29) is 12.8 Å². The molecule has 0 fully saturated rings. The van der Waals surface area contributed by atoms with Crippen LogP contribution in [0.5, 0.6) is 0 Å². The summed E-state index contributed by atoms with van der Waals surface area (Å²) in [6.45, 7) is 0. The molecule has 0 bridgehead atoms. The molecule has 0 saturated heterocycles. The Morgan fingerprint density at radius 1 is 1.09 bits per heavy atom. The number of carbonyl (C=O) groups excluding carboxylic acids is 2. The largest absolute Gasteiger partial charge is 0.481 e. The van der Waals surface area contributed by atoms with Crippen molar-refractivity contribution in [2.24, 2.45) is 0 Å². The smallest absolute Gasteiger partial charge is 0.322 e. The van der Waals surface area contributed by atoms with Crippen LogP contribution in [-0.2, 0) is 25.6 Å². The zero-order valence-electron chi connectivity index (χ0n) is 12.1. The van der Waals surface area contributed by atoms with E-state index in [0.29, 0.717) is 0 Å². The van der Waals surface area contributed by atoms with Crippen molar-refractivity contribution in [3.63, 3.8) is 0 Å². The van der Waals surface area contributed by atoms with Crippen LogP contribution in [0.4, 0.5) is 0 Å². The number of rotatable bonds is 10. The summed E-state index contributed by atoms with van der Waals surface area (Å²) in [5.74, 6) is -3.32. The molecule has 2 amide bonds. The summed E-state index contributed by atoms with van der Waals surface area (Å²) in [5, 5.41) is 19.9. The van der Waals surface area contributed by atoms with Gasteiger partial charge in [-0.3, -0.25) is 24.6 Å². The second-order valence-electron chi connectivity index (χ2n) is 4.65. The summed E-state index contributed by atoms with van der Waals surface area (Å²) in [7, 11) is 0. The van der Waals surface area contributed by atoms with Gasteiger partial charge in [-0.15, -0.1) is 0 Å². The standard InChI is InChI=1S/C14H17N3O6/c18-8-15-10(7-12(19)20)13(21)17-16-11(14(22)23)6-9-4-2-1-3-5-9/h1-5,8,10-11,16H,6-7H2,(H,15,18)(H,17,21)(H,19,20)(H,22,23)/t10-,11-/m0/s1. The average Bonchev–Trinajstić information content (AvgIpc) is 2.51. The van der Waals surface area contributed by atoms with Crippen LogP contribution in [0.2, 0.25) is 0 Å². The first-order valence-corrected chi connectivity index (χ1v) is 6.67. The summed E-state index contributed by atoms with van der Waals surface area (Å²) in [6, 6.07) is 6.36. The van der Waals surface area contributed by atoms with Crippen molar-refractivity contribution in [1.29, 1.82) is 0 Å². The number of benzene rings is 1. The zero-order chi connectivity index (χ0) is 17.2. The van der Waals surface area contributed by atoms with Gasteiger partial charge in [-0.05, 0) is 5.56 Å². The number of carbonyl (C=O) groups is 4. The van der Waals surface area contributed by atoms with Crippen molar-refractivity contribution < 1.29 is 29.4 Å². The molecule has 5 N–H and O–H groups in total. The maximum Gasteiger partial charge on any atom is 0.322 e. The lowest BCUT2D eigenvalue weighted by molar-refractivity contribution is -0.142. The predicted molar refractivity (Wildman–Crippen MR) is 78.1 cm³/mol. The molecule has 1 aromatic rings. The second-order valence-corrected chi connectivity index (χ2v) is 4.65. The molecule has 23 heavy (non-hydrogen) atoms. The molecule has 0 spiro atoms. The van der Waals surface area contributed by atoms with E-state index in [2.05, 4.69) is 16.2 Å². The van der Waals surface area contributed by atoms with E-state index < -0.39 is 36.4 Å². The quantitative estimate of drug-likeness (QED) is 0.271. The van der Waals surface area contributed by atoms with E-state index in [9.17, 15) is 19.2 Å². The maximum atomic E-state index is 11.8. The molecule has 0 radical (unpaired) electrons. The minimum absolute atomic E-state index is 0.112. The van der Waals surface area contributed by atoms with Gasteiger partial charge in [0.1, 0.15) is 12.1 Å². The summed E-state index contributed by atoms with van der Waals surface area (Å²) >= 11 is 0. The van der Waals surface area contributed by atoms with E-state index in [1.807, 2.05) is 0 Å². The number of carboxylic acids is 2. The first-order valence-electron chi connectivity index (χ1n) is 6.67. The van der Waals surface area contributed by atoms with Crippen LogP contribution in [0, 0.1) is 0 Å². The molecule has 0 aliphatic carbocycles. The lowest BCUT2D eigenvalue weighted by Gasteiger charge is -2.18. The molecule has 0 aromatic heterocycles. The number of carboxylic acid groups (broad SMARTS) is 2. The number of hydrazine groups is 1. The SMILES string of the molecule is O=CN[C@@H](CC(=O)O)C(=O)NN[C@@H](Cc1ccccc1)C(=O)O. The maximum absolute atomic E-state index is 11.8. The van der Waals surface area contributed by atoms with E-state index in [0.717, 1.165) is 5.56 Å². The molecule has 9 nitrogen and oxygen atoms in total. The first-order chi connectivity index (χ1) is 10.9. The molecular weight excluding hydrogens is 306 g/mol. The highest BCUT2D eigenvalue weighted by atomic mass is 16.4. The van der Waals surface area contributed by atoms with Crippen molar-refractivity contribution >= 4 is 24.3 Å². The van der Waals surface area contributed by atoms with Gasteiger partial charge in [0.05, 0.1) is 6.42 Å². The first kappa shape index (κ1) is 18.1. The summed E-state index contributed by atoms with van der Waals surface area (Å²) < 4.78 is 0. The fourth-order valence-corrected chi connectivity index (χ4v) is 1.78. The fraction of sp³-hybridized carbons (Fsp3) is 0.286. The molecular formula is C14H17N3O6. The van der Waals surface area contributed by atoms with Gasteiger partial charge in [-0.2, -0.15) is 0 Å². The molecule has 1 rings (SSSR count). The van der Waals surface area contributed by atoms with E-state index in [4.69, 9.17) is 10.2 Å². The van der Waals surface area contributed by atoms with E-state index >= 15 is 0 Å². The number of hydrogen-bond acceptors (Lipinski definition) is 5. The zero-order valence-corrected chi connectivity index (χ0v) is 12.1. The summed E-state index contributed by atoms with van der Waals surface area (Å²) in [4.78, 5) is 44.0. The normalized spacial score (nSPS) is 12.7. The lowest BCUT2D eigenvalue weighted by Crippen LogP contribution is -2.55. The number of amides is 2. The third-order valence-electron chi connectivity index (χ3n) is 2.91. The highest BCUT2D eigenvalue weighted by Crippen LogP contribution is 2.03. The Morgan fingerprint density at radius 2 is 1.74 bits per heavy atom. The predicted octanol–water partition coefficient (Wildman–Crippen LogP) is -1.11. The third kappa shape index (κ3) is 6.57. The van der Waals surface area contributed by atoms with Gasteiger partial charge in [0.25, 0.3) is 5.91 Å². The number of aliphatic carboxylic acids is 2. The Morgan fingerprint density at radius 3 is 2.26 bits per heavy atom. The summed E-state index contributed by atoms with van der Waals surface area (Å²) in [5.41, 5.74) is 5.20. The van der Waals surface area contributed by atoms with Gasteiger partial charge in [0, 0.05) is 6.42 Å². The minimum atomic E-state index is -1.30. The van der Waals surface area contributed by atoms with Gasteiger partial charge in [-0.1, -0.05) is 30.3 Å². The molecule has 0 unspecified atom stereocenters. The molecule has 1 aromatic carbocycles. The molecule has 124 valence electrons. The third-order valence-corrected chi connectivity index (χ3v) is 2.91. The van der Waals surface area contributed by atoms with Crippen LogP contribution in [0.15, 0.2) is 30.3 Å². The van der Waals surface area contributed by atoms with Crippen molar-refractivity contribution in [2.75, 3.05) is 0 Å². The molecule has 2 atom stereocenters. The van der Waals surface area contributed by atoms with Crippen LogP contribution in [0.25, 0.3) is 0 Å². The van der Waals surface area contributed by atoms with Gasteiger partial charge in [0.2, 0.25) is 6.41 Å². The second kappa shape index (κ2) is 9.15. The van der Waals surface area contributed by atoms with Crippen molar-refractivity contribution in [3.8, 4) is 0 Å². The van der Waals surface area contributed by atoms with Crippen molar-refractivity contribution in [1.82, 2.24) is 16.2 Å². The van der Waals surface area contributed by atoms with Crippen LogP contribution >= 0.6 is 0 Å². The van der Waals surface area contributed by atoms with Crippen LogP contribution in [-0.4, -0.2) is 46.6 Å². The lowest BCUT2D eigenvalue weighted by atomic mass is 10.1. The van der Waals surface area contributed by atoms with E-state index in [1.165, 1.54) is 0 Å². The Kier molecular flexibility index (Phi) is 7.21. The topological polar surface area (TPSA) is 145 Å².